The van der Waals surface area contributed by atoms with Gasteiger partial charge in [0.25, 0.3) is 0 Å². The molecule has 0 spiro atoms. The highest BCUT2D eigenvalue weighted by Gasteiger charge is 2.22. The minimum absolute atomic E-state index is 0.0702. The topological polar surface area (TPSA) is 93.6 Å². The Labute approximate surface area is 240 Å². The lowest BCUT2D eigenvalue weighted by Gasteiger charge is -2.28. The fourth-order valence-electron chi connectivity index (χ4n) is 4.92. The van der Waals surface area contributed by atoms with Crippen molar-refractivity contribution in [2.75, 3.05) is 6.54 Å². The molecule has 5 aromatic rings. The average Bonchev–Trinajstić information content (AvgIpc) is 3.31. The van der Waals surface area contributed by atoms with Gasteiger partial charge in [0.15, 0.2) is 5.69 Å². The van der Waals surface area contributed by atoms with Gasteiger partial charge >= 0.3 is 5.97 Å². The predicted octanol–water partition coefficient (Wildman–Crippen LogP) is 6.16. The first kappa shape index (κ1) is 27.1. The van der Waals surface area contributed by atoms with Gasteiger partial charge in [-0.3, -0.25) is 0 Å². The van der Waals surface area contributed by atoms with Gasteiger partial charge in [-0.25, -0.2) is 28.4 Å². The van der Waals surface area contributed by atoms with E-state index in [1.807, 2.05) is 4.57 Å². The smallest absolute Gasteiger partial charge is 0.335 e. The number of aromatic carboxylic acids is 1. The molecule has 0 radical (unpaired) electrons. The van der Waals surface area contributed by atoms with E-state index in [0.29, 0.717) is 45.8 Å². The zero-order chi connectivity index (χ0) is 29.2. The maximum Gasteiger partial charge on any atom is 0.335 e. The van der Waals surface area contributed by atoms with E-state index in [-0.39, 0.29) is 36.2 Å². The van der Waals surface area contributed by atoms with Crippen LogP contribution < -0.4 is 10.1 Å². The summed E-state index contributed by atoms with van der Waals surface area (Å²) in [4.78, 5) is 24.0. The van der Waals surface area contributed by atoms with Gasteiger partial charge in [0, 0.05) is 36.2 Å². The molecule has 0 amide bonds. The van der Waals surface area contributed by atoms with Crippen LogP contribution in [0.25, 0.3) is 27.1 Å². The molecular formula is C32H25F2N5O3. The second kappa shape index (κ2) is 11.4. The summed E-state index contributed by atoms with van der Waals surface area (Å²) >= 11 is 0. The Bertz CT molecular complexity index is 1860. The van der Waals surface area contributed by atoms with Crippen LogP contribution in [0.1, 0.15) is 33.7 Å². The summed E-state index contributed by atoms with van der Waals surface area (Å²) in [7, 11) is 0. The minimum Gasteiger partial charge on any atom is -0.478 e. The molecule has 8 nitrogen and oxygen atoms in total. The van der Waals surface area contributed by atoms with E-state index in [1.165, 1.54) is 24.3 Å². The summed E-state index contributed by atoms with van der Waals surface area (Å²) in [6.45, 7) is 8.46. The highest BCUT2D eigenvalue weighted by Crippen LogP contribution is 2.27. The molecule has 0 bridgehead atoms. The van der Waals surface area contributed by atoms with Gasteiger partial charge in [-0.1, -0.05) is 30.3 Å². The molecule has 0 aliphatic carbocycles. The summed E-state index contributed by atoms with van der Waals surface area (Å²) < 4.78 is 37.3. The molecule has 0 unspecified atom stereocenters. The van der Waals surface area contributed by atoms with E-state index in [4.69, 9.17) is 16.3 Å². The van der Waals surface area contributed by atoms with Crippen LogP contribution in [0.3, 0.4) is 0 Å². The van der Waals surface area contributed by atoms with Gasteiger partial charge in [-0.2, -0.15) is 0 Å². The van der Waals surface area contributed by atoms with Gasteiger partial charge in [0.2, 0.25) is 5.88 Å². The third kappa shape index (κ3) is 5.55. The van der Waals surface area contributed by atoms with Crippen molar-refractivity contribution in [1.29, 1.82) is 0 Å². The number of halogens is 2. The number of hydrogen-bond acceptors (Lipinski definition) is 5. The molecule has 1 fully saturated rings. The van der Waals surface area contributed by atoms with E-state index < -0.39 is 17.6 Å². The van der Waals surface area contributed by atoms with Gasteiger partial charge in [0.05, 0.1) is 28.9 Å². The Morgan fingerprint density at radius 1 is 1.05 bits per heavy atom. The normalized spacial score (nSPS) is 14.4. The van der Waals surface area contributed by atoms with Crippen LogP contribution >= 0.6 is 0 Å². The molecule has 3 aromatic carbocycles. The minimum atomic E-state index is -1.01. The number of carbonyl (C=O) groups is 1. The standard InChI is InChI=1S/C32H25F2N5O3/c1-35-23-9-7-22(26(34)16-23)18-42-31-4-2-3-27(38-31)20-6-5-19(25(33)13-20)15-30-37-28-10-8-21(32(40)41)14-29(28)39(30)17-24-11-12-36-24/h2-10,13-14,16,24,36H,11-12,15,17-18H2,(H,40,41)/t24-/m0/s1. The van der Waals surface area contributed by atoms with Crippen molar-refractivity contribution >= 4 is 22.7 Å². The number of hydrogen-bond donors (Lipinski definition) is 2. The van der Waals surface area contributed by atoms with Crippen LogP contribution in [0.15, 0.2) is 72.8 Å². The molecule has 42 heavy (non-hydrogen) atoms. The number of nitrogens with zero attached hydrogens (tertiary/aromatic N) is 4. The van der Waals surface area contributed by atoms with E-state index in [9.17, 15) is 14.3 Å². The molecule has 1 saturated heterocycles. The van der Waals surface area contributed by atoms with Crippen molar-refractivity contribution in [3.8, 4) is 17.1 Å². The lowest BCUT2D eigenvalue weighted by atomic mass is 10.0. The zero-order valence-corrected chi connectivity index (χ0v) is 22.3. The first-order valence-corrected chi connectivity index (χ1v) is 13.4. The molecule has 2 aromatic heterocycles. The van der Waals surface area contributed by atoms with Crippen molar-refractivity contribution in [3.63, 3.8) is 0 Å². The summed E-state index contributed by atoms with van der Waals surface area (Å²) in [5.41, 5.74) is 3.53. The third-order valence-corrected chi connectivity index (χ3v) is 7.37. The fraction of sp³-hybridized carbons (Fsp3) is 0.188. The number of nitrogens with one attached hydrogen (secondary N) is 1. The highest BCUT2D eigenvalue weighted by atomic mass is 19.1. The summed E-state index contributed by atoms with van der Waals surface area (Å²) in [5.74, 6) is -1.06. The van der Waals surface area contributed by atoms with Gasteiger partial charge in [-0.05, 0) is 54.9 Å². The van der Waals surface area contributed by atoms with Gasteiger partial charge in [0.1, 0.15) is 24.1 Å². The van der Waals surface area contributed by atoms with Crippen LogP contribution in [0.5, 0.6) is 5.88 Å². The molecule has 2 N–H and O–H groups in total. The fourth-order valence-corrected chi connectivity index (χ4v) is 4.92. The lowest BCUT2D eigenvalue weighted by Crippen LogP contribution is -2.45. The number of imidazole rings is 1. The number of benzene rings is 3. The molecule has 1 aliphatic rings. The number of pyridine rings is 1. The van der Waals surface area contributed by atoms with E-state index >= 15 is 4.39 Å². The Morgan fingerprint density at radius 3 is 2.57 bits per heavy atom. The molecular weight excluding hydrogens is 540 g/mol. The Morgan fingerprint density at radius 2 is 1.86 bits per heavy atom. The molecule has 10 heteroatoms. The summed E-state index contributed by atoms with van der Waals surface area (Å²) in [6, 6.07) is 19.2. The van der Waals surface area contributed by atoms with Crippen LogP contribution in [0.4, 0.5) is 14.5 Å². The van der Waals surface area contributed by atoms with Crippen molar-refractivity contribution in [2.24, 2.45) is 0 Å². The number of aromatic nitrogens is 3. The van der Waals surface area contributed by atoms with Gasteiger partial charge < -0.3 is 19.7 Å². The monoisotopic (exact) mass is 565 g/mol. The Balaban J connectivity index is 1.23. The van der Waals surface area contributed by atoms with Crippen LogP contribution in [-0.4, -0.2) is 38.2 Å². The number of rotatable bonds is 9. The number of ether oxygens (including phenoxy) is 1. The van der Waals surface area contributed by atoms with Crippen molar-refractivity contribution < 1.29 is 23.4 Å². The molecule has 6 rings (SSSR count). The lowest BCUT2D eigenvalue weighted by molar-refractivity contribution is 0.0697. The Hall–Kier alpha value is -5.14. The molecule has 210 valence electrons. The maximum atomic E-state index is 15.4. The second-order valence-electron chi connectivity index (χ2n) is 10.1. The van der Waals surface area contributed by atoms with E-state index in [2.05, 4.69) is 15.1 Å². The zero-order valence-electron chi connectivity index (χ0n) is 22.3. The first-order valence-electron chi connectivity index (χ1n) is 13.4. The number of fused-ring (bicyclic) bond motifs is 1. The quantitative estimate of drug-likeness (QED) is 0.208. The van der Waals surface area contributed by atoms with Crippen LogP contribution in [-0.2, 0) is 19.6 Å². The molecule has 0 saturated carbocycles. The third-order valence-electron chi connectivity index (χ3n) is 7.37. The molecule has 1 aliphatic heterocycles. The van der Waals surface area contributed by atoms with Crippen molar-refractivity contribution in [1.82, 2.24) is 19.9 Å². The van der Waals surface area contributed by atoms with Crippen LogP contribution in [0.2, 0.25) is 0 Å². The summed E-state index contributed by atoms with van der Waals surface area (Å²) in [6.07, 6.45) is 1.23. The molecule has 3 heterocycles. The van der Waals surface area contributed by atoms with Crippen molar-refractivity contribution in [2.45, 2.75) is 32.0 Å². The maximum absolute atomic E-state index is 15.4. The largest absolute Gasteiger partial charge is 0.478 e. The van der Waals surface area contributed by atoms with E-state index in [1.54, 1.807) is 42.5 Å². The van der Waals surface area contributed by atoms with E-state index in [0.717, 1.165) is 19.0 Å². The SMILES string of the molecule is [C-]#[N+]c1ccc(COc2cccc(-c3ccc(Cc4nc5ccc(C(=O)O)cc5n4C[C@@H]4CCN4)c(F)c3)n2)c(F)c1. The van der Waals surface area contributed by atoms with Crippen molar-refractivity contribution in [3.05, 3.63) is 118 Å². The second-order valence-corrected chi connectivity index (χ2v) is 10.1. The Kier molecular flexibility index (Phi) is 7.33. The predicted molar refractivity (Wildman–Crippen MR) is 153 cm³/mol. The highest BCUT2D eigenvalue weighted by molar-refractivity contribution is 5.92. The first-order chi connectivity index (χ1) is 20.4. The molecule has 1 atom stereocenters. The van der Waals surface area contributed by atoms with Crippen LogP contribution in [0, 0.1) is 18.2 Å². The number of carboxylic acid groups (broad SMARTS) is 1. The average molecular weight is 566 g/mol. The summed E-state index contributed by atoms with van der Waals surface area (Å²) in [5, 5.41) is 12.8. The number of carboxylic acids is 1. The van der Waals surface area contributed by atoms with Gasteiger partial charge in [-0.15, -0.1) is 0 Å².